The van der Waals surface area contributed by atoms with E-state index in [1.54, 1.807) is 6.07 Å². The zero-order valence-electron chi connectivity index (χ0n) is 11.1. The zero-order valence-corrected chi connectivity index (χ0v) is 11.9. The van der Waals surface area contributed by atoms with Gasteiger partial charge in [-0.1, -0.05) is 30.3 Å². The Kier molecular flexibility index (Phi) is 3.22. The van der Waals surface area contributed by atoms with E-state index in [1.807, 2.05) is 0 Å². The van der Waals surface area contributed by atoms with E-state index in [0.717, 1.165) is 0 Å². The van der Waals surface area contributed by atoms with Gasteiger partial charge in [0, 0.05) is 5.39 Å². The molecule has 0 unspecified atom stereocenters. The van der Waals surface area contributed by atoms with Crippen molar-refractivity contribution in [3.05, 3.63) is 66.1 Å². The number of rotatable bonds is 3. The highest BCUT2D eigenvalue weighted by molar-refractivity contribution is 7.90. The monoisotopic (exact) mass is 319 g/mol. The fourth-order valence-electron chi connectivity index (χ4n) is 2.30. The molecule has 0 saturated carbocycles. The second-order valence-electron chi connectivity index (χ2n) is 4.57. The third-order valence-electron chi connectivity index (χ3n) is 3.25. The number of nitrogens with zero attached hydrogens (tertiary/aromatic N) is 1. The van der Waals surface area contributed by atoms with Crippen LogP contribution in [0.5, 0.6) is 0 Å². The van der Waals surface area contributed by atoms with Gasteiger partial charge in [0.2, 0.25) is 0 Å². The summed E-state index contributed by atoms with van der Waals surface area (Å²) in [6.45, 7) is 0. The van der Waals surface area contributed by atoms with Crippen LogP contribution in [0.3, 0.4) is 0 Å². The summed E-state index contributed by atoms with van der Waals surface area (Å²) in [6.07, 6.45) is 0. The summed E-state index contributed by atoms with van der Waals surface area (Å²) in [7, 11) is -4.22. The number of carboxylic acid groups (broad SMARTS) is 1. The summed E-state index contributed by atoms with van der Waals surface area (Å²) in [5.41, 5.74) is -0.911. The number of halogens is 1. The molecule has 0 fully saturated rings. The maximum atomic E-state index is 14.3. The average molecular weight is 319 g/mol. The highest BCUT2D eigenvalue weighted by atomic mass is 32.2. The molecule has 0 amide bonds. The predicted molar refractivity (Wildman–Crippen MR) is 77.9 cm³/mol. The van der Waals surface area contributed by atoms with E-state index in [0.29, 0.717) is 3.97 Å². The summed E-state index contributed by atoms with van der Waals surface area (Å²) in [5, 5.41) is 9.18. The molecule has 7 heteroatoms. The van der Waals surface area contributed by atoms with Gasteiger partial charge in [-0.25, -0.2) is 21.6 Å². The molecule has 3 aromatic rings. The first kappa shape index (κ1) is 14.3. The van der Waals surface area contributed by atoms with Crippen LogP contribution in [0.25, 0.3) is 10.9 Å². The SMILES string of the molecule is O=C(O)c1c(F)c2ccccc2n1S(=O)(=O)c1ccccc1. The van der Waals surface area contributed by atoms with Gasteiger partial charge in [0.25, 0.3) is 10.0 Å². The molecule has 1 heterocycles. The lowest BCUT2D eigenvalue weighted by Gasteiger charge is -2.09. The van der Waals surface area contributed by atoms with Gasteiger partial charge in [0.05, 0.1) is 10.4 Å². The summed E-state index contributed by atoms with van der Waals surface area (Å²) >= 11 is 0. The van der Waals surface area contributed by atoms with Crippen molar-refractivity contribution in [2.75, 3.05) is 0 Å². The topological polar surface area (TPSA) is 76.4 Å². The minimum Gasteiger partial charge on any atom is -0.476 e. The molecular weight excluding hydrogens is 309 g/mol. The van der Waals surface area contributed by atoms with Crippen LogP contribution >= 0.6 is 0 Å². The first-order valence-corrected chi connectivity index (χ1v) is 7.71. The van der Waals surface area contributed by atoms with Crippen molar-refractivity contribution in [2.24, 2.45) is 0 Å². The van der Waals surface area contributed by atoms with Crippen LogP contribution in [0.15, 0.2) is 59.5 Å². The summed E-state index contributed by atoms with van der Waals surface area (Å²) in [5.74, 6) is -2.71. The number of carboxylic acids is 1. The van der Waals surface area contributed by atoms with E-state index >= 15 is 0 Å². The van der Waals surface area contributed by atoms with Crippen LogP contribution in [-0.4, -0.2) is 23.5 Å². The predicted octanol–water partition coefficient (Wildman–Crippen LogP) is 2.72. The van der Waals surface area contributed by atoms with Crippen LogP contribution in [0.4, 0.5) is 4.39 Å². The van der Waals surface area contributed by atoms with Gasteiger partial charge in [-0.2, -0.15) is 0 Å². The normalized spacial score (nSPS) is 11.7. The molecule has 112 valence electrons. The Labute approximate surface area is 125 Å². The fourth-order valence-corrected chi connectivity index (χ4v) is 3.83. The largest absolute Gasteiger partial charge is 0.476 e. The molecule has 5 nitrogen and oxygen atoms in total. The molecule has 0 bridgehead atoms. The van der Waals surface area contributed by atoms with Gasteiger partial charge < -0.3 is 5.11 Å². The highest BCUT2D eigenvalue weighted by Gasteiger charge is 2.30. The molecule has 22 heavy (non-hydrogen) atoms. The molecule has 0 aliphatic heterocycles. The van der Waals surface area contributed by atoms with Crippen LogP contribution in [-0.2, 0) is 10.0 Å². The molecule has 0 atom stereocenters. The minimum atomic E-state index is -4.22. The van der Waals surface area contributed by atoms with Crippen LogP contribution in [0.2, 0.25) is 0 Å². The molecule has 3 rings (SSSR count). The summed E-state index contributed by atoms with van der Waals surface area (Å²) < 4.78 is 40.3. The smallest absolute Gasteiger partial charge is 0.356 e. The lowest BCUT2D eigenvalue weighted by molar-refractivity contribution is 0.0684. The van der Waals surface area contributed by atoms with Gasteiger partial charge in [0.15, 0.2) is 11.5 Å². The van der Waals surface area contributed by atoms with Crippen molar-refractivity contribution in [3.8, 4) is 0 Å². The van der Waals surface area contributed by atoms with Gasteiger partial charge >= 0.3 is 5.97 Å². The van der Waals surface area contributed by atoms with Gasteiger partial charge in [0.1, 0.15) is 0 Å². The Morgan fingerprint density at radius 3 is 2.23 bits per heavy atom. The Morgan fingerprint density at radius 2 is 1.59 bits per heavy atom. The number of aromatic carboxylic acids is 1. The molecular formula is C15H10FNO4S. The van der Waals surface area contributed by atoms with Gasteiger partial charge in [-0.05, 0) is 24.3 Å². The average Bonchev–Trinajstić information content (AvgIpc) is 2.82. The van der Waals surface area contributed by atoms with E-state index in [2.05, 4.69) is 0 Å². The van der Waals surface area contributed by atoms with Crippen molar-refractivity contribution in [3.63, 3.8) is 0 Å². The molecule has 1 aromatic heterocycles. The van der Waals surface area contributed by atoms with Crippen LogP contribution in [0.1, 0.15) is 10.5 Å². The van der Waals surface area contributed by atoms with E-state index in [4.69, 9.17) is 0 Å². The van der Waals surface area contributed by atoms with Gasteiger partial charge in [-0.15, -0.1) is 0 Å². The first-order chi connectivity index (χ1) is 10.4. The number of aromatic nitrogens is 1. The quantitative estimate of drug-likeness (QED) is 0.805. The van der Waals surface area contributed by atoms with Gasteiger partial charge in [-0.3, -0.25) is 0 Å². The van der Waals surface area contributed by atoms with E-state index < -0.39 is 27.5 Å². The second kappa shape index (κ2) is 4.96. The van der Waals surface area contributed by atoms with E-state index in [-0.39, 0.29) is 15.8 Å². The molecule has 1 N–H and O–H groups in total. The minimum absolute atomic E-state index is 0.0127. The highest BCUT2D eigenvalue weighted by Crippen LogP contribution is 2.29. The summed E-state index contributed by atoms with van der Waals surface area (Å²) in [4.78, 5) is 11.3. The van der Waals surface area contributed by atoms with Crippen molar-refractivity contribution >= 4 is 26.9 Å². The number of para-hydroxylation sites is 1. The molecule has 0 spiro atoms. The Morgan fingerprint density at radius 1 is 1.00 bits per heavy atom. The van der Waals surface area contributed by atoms with E-state index in [1.165, 1.54) is 48.5 Å². The standard InChI is InChI=1S/C15H10FNO4S/c16-13-11-8-4-5-9-12(11)17(14(13)15(18)19)22(20,21)10-6-2-1-3-7-10/h1-9H,(H,18,19). The molecule has 0 saturated heterocycles. The second-order valence-corrected chi connectivity index (χ2v) is 6.35. The zero-order chi connectivity index (χ0) is 15.9. The molecule has 0 aliphatic rings. The van der Waals surface area contributed by atoms with Crippen molar-refractivity contribution in [2.45, 2.75) is 4.90 Å². The molecule has 2 aromatic carbocycles. The van der Waals surface area contributed by atoms with Crippen molar-refractivity contribution in [1.82, 2.24) is 3.97 Å². The van der Waals surface area contributed by atoms with Crippen molar-refractivity contribution in [1.29, 1.82) is 0 Å². The third kappa shape index (κ3) is 1.98. The van der Waals surface area contributed by atoms with E-state index in [9.17, 15) is 22.7 Å². The maximum Gasteiger partial charge on any atom is 0.356 e. The number of carbonyl (C=O) groups is 1. The Hall–Kier alpha value is -2.67. The molecule has 0 aliphatic carbocycles. The number of fused-ring (bicyclic) bond motifs is 1. The molecule has 0 radical (unpaired) electrons. The Balaban J connectivity index is 2.45. The first-order valence-electron chi connectivity index (χ1n) is 6.27. The number of benzene rings is 2. The van der Waals surface area contributed by atoms with Crippen LogP contribution < -0.4 is 0 Å². The lowest BCUT2D eigenvalue weighted by atomic mass is 10.2. The maximum absolute atomic E-state index is 14.3. The summed E-state index contributed by atoms with van der Waals surface area (Å²) in [6, 6.07) is 13.0. The Bertz CT molecular complexity index is 977. The third-order valence-corrected chi connectivity index (χ3v) is 4.98. The number of hydrogen-bond acceptors (Lipinski definition) is 3. The fraction of sp³-hybridized carbons (Fsp3) is 0. The lowest BCUT2D eigenvalue weighted by Crippen LogP contribution is -2.19. The van der Waals surface area contributed by atoms with Crippen LogP contribution in [0, 0.1) is 5.82 Å². The number of hydrogen-bond donors (Lipinski definition) is 1. The van der Waals surface area contributed by atoms with Crippen molar-refractivity contribution < 1.29 is 22.7 Å².